The highest BCUT2D eigenvalue weighted by atomic mass is 31.2. The van der Waals surface area contributed by atoms with E-state index in [0.29, 0.717) is 17.4 Å². The van der Waals surface area contributed by atoms with Crippen LogP contribution in [0.1, 0.15) is 271 Å². The number of carbonyl (C=O) groups is 1. The number of unbranched alkanes of at least 4 members (excludes halogenated alkanes) is 34. The third-order valence-electron chi connectivity index (χ3n) is 13.0. The van der Waals surface area contributed by atoms with Crippen molar-refractivity contribution in [3.8, 4) is 0 Å². The highest BCUT2D eigenvalue weighted by Crippen LogP contribution is 2.43. The van der Waals surface area contributed by atoms with Gasteiger partial charge in [-0.1, -0.05) is 249 Å². The summed E-state index contributed by atoms with van der Waals surface area (Å²) in [6.45, 7) is 4.79. The van der Waals surface area contributed by atoms with Gasteiger partial charge in [-0.15, -0.1) is 0 Å². The van der Waals surface area contributed by atoms with Crippen molar-refractivity contribution < 1.29 is 32.9 Å². The Balaban J connectivity index is 4.21. The van der Waals surface area contributed by atoms with E-state index >= 15 is 0 Å². The molecular formula is C59H114N2O6P+. The topological polar surface area (TPSA) is 105 Å². The number of aliphatic hydroxyl groups excluding tert-OH is 1. The standard InChI is InChI=1S/C59H113N2O6P/c1-6-8-10-12-14-16-18-20-22-24-25-26-27-28-29-30-31-32-33-34-35-37-38-40-42-44-46-48-50-52-58(62)57(56-67-68(64,65)66-55-54-61(3,4)5)60-59(63)53-51-49-47-45-43-41-39-36-23-21-19-17-15-13-11-9-7-2/h15,17,21,23,42,44,50,52,57-58,62H,6-14,16,18-20,22,24-41,43,45-49,51,53-56H2,1-5H3,(H-,60,63,64,65)/p+1/b17-15-,23-21-,44-42+,52-50+. The van der Waals surface area contributed by atoms with Gasteiger partial charge in [0, 0.05) is 6.42 Å². The van der Waals surface area contributed by atoms with Crippen molar-refractivity contribution in [1.82, 2.24) is 5.32 Å². The normalized spacial score (nSPS) is 14.3. The smallest absolute Gasteiger partial charge is 0.387 e. The summed E-state index contributed by atoms with van der Waals surface area (Å²) >= 11 is 0. The second-order valence-electron chi connectivity index (χ2n) is 21.0. The maximum Gasteiger partial charge on any atom is 0.472 e. The number of aliphatic hydroxyl groups is 1. The summed E-state index contributed by atoms with van der Waals surface area (Å²) in [6, 6.07) is -0.869. The minimum absolute atomic E-state index is 0.0537. The number of carbonyl (C=O) groups excluding carboxylic acids is 1. The third-order valence-corrected chi connectivity index (χ3v) is 14.0. The number of likely N-dealkylation sites (N-methyl/N-ethyl adjacent to an activating group) is 1. The van der Waals surface area contributed by atoms with Crippen LogP contribution in [0.4, 0.5) is 0 Å². The second kappa shape index (κ2) is 50.4. The van der Waals surface area contributed by atoms with Crippen LogP contribution in [0, 0.1) is 0 Å². The van der Waals surface area contributed by atoms with Gasteiger partial charge in [-0.25, -0.2) is 4.57 Å². The van der Waals surface area contributed by atoms with Crippen molar-refractivity contribution in [2.45, 2.75) is 283 Å². The van der Waals surface area contributed by atoms with Crippen molar-refractivity contribution in [2.75, 3.05) is 40.9 Å². The molecule has 0 aliphatic rings. The van der Waals surface area contributed by atoms with E-state index in [2.05, 4.69) is 55.6 Å². The Morgan fingerprint density at radius 3 is 1.29 bits per heavy atom. The maximum atomic E-state index is 12.9. The van der Waals surface area contributed by atoms with Crippen molar-refractivity contribution in [1.29, 1.82) is 0 Å². The van der Waals surface area contributed by atoms with Gasteiger partial charge >= 0.3 is 7.82 Å². The van der Waals surface area contributed by atoms with Crippen LogP contribution in [0.25, 0.3) is 0 Å². The minimum atomic E-state index is -4.36. The fourth-order valence-corrected chi connectivity index (χ4v) is 9.18. The number of hydrogen-bond donors (Lipinski definition) is 3. The number of phosphoric acid groups is 1. The van der Waals surface area contributed by atoms with E-state index in [4.69, 9.17) is 9.05 Å². The summed E-state index contributed by atoms with van der Waals surface area (Å²) in [5.41, 5.74) is 0. The number of nitrogens with one attached hydrogen (secondary N) is 1. The first-order valence-corrected chi connectivity index (χ1v) is 30.5. The molecule has 0 fully saturated rings. The molecule has 0 rings (SSSR count). The molecule has 1 amide bonds. The van der Waals surface area contributed by atoms with Gasteiger partial charge in [0.1, 0.15) is 13.2 Å². The Morgan fingerprint density at radius 2 is 0.853 bits per heavy atom. The molecule has 0 aromatic carbocycles. The molecule has 400 valence electrons. The Morgan fingerprint density at radius 1 is 0.500 bits per heavy atom. The van der Waals surface area contributed by atoms with Gasteiger partial charge in [-0.2, -0.15) is 0 Å². The van der Waals surface area contributed by atoms with Crippen molar-refractivity contribution in [2.24, 2.45) is 0 Å². The first-order valence-electron chi connectivity index (χ1n) is 29.0. The molecule has 0 heterocycles. The Hall–Kier alpha value is -1.54. The number of allylic oxidation sites excluding steroid dienone is 7. The molecule has 0 bridgehead atoms. The lowest BCUT2D eigenvalue weighted by Crippen LogP contribution is -2.45. The van der Waals surface area contributed by atoms with Crippen molar-refractivity contribution in [3.63, 3.8) is 0 Å². The lowest BCUT2D eigenvalue weighted by molar-refractivity contribution is -0.870. The molecule has 0 aliphatic carbocycles. The fraction of sp³-hybridized carbons (Fsp3) is 0.847. The number of rotatable bonds is 53. The SMILES string of the molecule is CCCCC/C=C\C/C=C\CCCCCCCCCC(=O)NC(COP(=O)(O)OCC[N+](C)(C)C)C(O)/C=C/CC/C=C/CCCCCCCCCCCCCCCCCCCCCCCCC. The number of phosphoric ester groups is 1. The van der Waals surface area contributed by atoms with E-state index in [-0.39, 0.29) is 19.1 Å². The molecule has 0 saturated heterocycles. The molecule has 3 atom stereocenters. The van der Waals surface area contributed by atoms with Gasteiger partial charge in [0.15, 0.2) is 0 Å². The van der Waals surface area contributed by atoms with Gasteiger partial charge < -0.3 is 19.8 Å². The van der Waals surface area contributed by atoms with Crippen LogP contribution in [0.5, 0.6) is 0 Å². The largest absolute Gasteiger partial charge is 0.472 e. The van der Waals surface area contributed by atoms with Crippen LogP contribution in [0.2, 0.25) is 0 Å². The summed E-state index contributed by atoms with van der Waals surface area (Å²) in [6.07, 6.45) is 66.5. The zero-order valence-electron chi connectivity index (χ0n) is 45.6. The monoisotopic (exact) mass is 978 g/mol. The second-order valence-corrected chi connectivity index (χ2v) is 22.5. The lowest BCUT2D eigenvalue weighted by Gasteiger charge is -2.25. The number of hydrogen-bond acceptors (Lipinski definition) is 5. The zero-order chi connectivity index (χ0) is 49.9. The summed E-state index contributed by atoms with van der Waals surface area (Å²) in [5.74, 6) is -0.194. The molecule has 0 aromatic rings. The molecule has 3 N–H and O–H groups in total. The molecule has 9 heteroatoms. The van der Waals surface area contributed by atoms with Gasteiger partial charge in [-0.3, -0.25) is 13.8 Å². The zero-order valence-corrected chi connectivity index (χ0v) is 46.5. The first kappa shape index (κ1) is 66.5. The summed E-state index contributed by atoms with van der Waals surface area (Å²) in [5, 5.41) is 13.9. The van der Waals surface area contributed by atoms with E-state index in [1.165, 1.54) is 199 Å². The molecule has 3 unspecified atom stereocenters. The molecule has 0 aliphatic heterocycles. The van der Waals surface area contributed by atoms with E-state index in [0.717, 1.165) is 51.4 Å². The number of amides is 1. The highest BCUT2D eigenvalue weighted by Gasteiger charge is 2.27. The van der Waals surface area contributed by atoms with Gasteiger partial charge in [0.2, 0.25) is 5.91 Å². The van der Waals surface area contributed by atoms with Crippen LogP contribution in [0.15, 0.2) is 48.6 Å². The third kappa shape index (κ3) is 52.3. The summed E-state index contributed by atoms with van der Waals surface area (Å²) in [7, 11) is 1.55. The van der Waals surface area contributed by atoms with Crippen molar-refractivity contribution in [3.05, 3.63) is 48.6 Å². The summed E-state index contributed by atoms with van der Waals surface area (Å²) < 4.78 is 23.7. The van der Waals surface area contributed by atoms with Gasteiger partial charge in [0.05, 0.1) is 39.9 Å². The quantitative estimate of drug-likeness (QED) is 0.0243. The Kier molecular flexibility index (Phi) is 49.3. The van der Waals surface area contributed by atoms with E-state index in [9.17, 15) is 19.4 Å². The molecule has 0 saturated carbocycles. The van der Waals surface area contributed by atoms with Crippen LogP contribution >= 0.6 is 7.82 Å². The van der Waals surface area contributed by atoms with E-state index in [1.54, 1.807) is 6.08 Å². The first-order chi connectivity index (χ1) is 33.0. The van der Waals surface area contributed by atoms with Crippen LogP contribution < -0.4 is 5.32 Å². The molecule has 68 heavy (non-hydrogen) atoms. The molecule has 0 radical (unpaired) electrons. The maximum absolute atomic E-state index is 12.9. The lowest BCUT2D eigenvalue weighted by atomic mass is 10.0. The fourth-order valence-electron chi connectivity index (χ4n) is 8.44. The molecule has 8 nitrogen and oxygen atoms in total. The Bertz CT molecular complexity index is 1250. The minimum Gasteiger partial charge on any atom is -0.387 e. The predicted molar refractivity (Wildman–Crippen MR) is 295 cm³/mol. The molecular weight excluding hydrogens is 864 g/mol. The predicted octanol–water partition coefficient (Wildman–Crippen LogP) is 17.5. The van der Waals surface area contributed by atoms with Crippen LogP contribution in [-0.2, 0) is 18.4 Å². The molecule has 0 aromatic heterocycles. The van der Waals surface area contributed by atoms with Crippen molar-refractivity contribution >= 4 is 13.7 Å². The van der Waals surface area contributed by atoms with Gasteiger partial charge in [-0.05, 0) is 64.2 Å². The van der Waals surface area contributed by atoms with Crippen LogP contribution in [0.3, 0.4) is 0 Å². The average Bonchev–Trinajstić information content (AvgIpc) is 3.30. The average molecular weight is 979 g/mol. The Labute approximate surface area is 422 Å². The van der Waals surface area contributed by atoms with E-state index in [1.807, 2.05) is 27.2 Å². The summed E-state index contributed by atoms with van der Waals surface area (Å²) in [4.78, 5) is 23.3. The molecule has 0 spiro atoms. The number of nitrogens with zero attached hydrogens (tertiary/aromatic N) is 1. The number of quaternary nitrogens is 1. The van der Waals surface area contributed by atoms with Crippen LogP contribution in [-0.4, -0.2) is 73.4 Å². The van der Waals surface area contributed by atoms with E-state index < -0.39 is 20.0 Å². The highest BCUT2D eigenvalue weighted by molar-refractivity contribution is 7.47. The van der Waals surface area contributed by atoms with Gasteiger partial charge in [0.25, 0.3) is 0 Å².